The monoisotopic (exact) mass is 346 g/mol. The Labute approximate surface area is 146 Å². The third-order valence-corrected chi connectivity index (χ3v) is 4.81. The van der Waals surface area contributed by atoms with Crippen LogP contribution in [0, 0.1) is 11.7 Å². The molecule has 2 heterocycles. The maximum atomic E-state index is 13.0. The molecule has 1 aromatic heterocycles. The van der Waals surface area contributed by atoms with Crippen LogP contribution in [0.3, 0.4) is 0 Å². The molecule has 0 aliphatic carbocycles. The first-order chi connectivity index (χ1) is 12.1. The molecule has 3 rings (SSSR count). The van der Waals surface area contributed by atoms with Gasteiger partial charge in [0, 0.05) is 6.54 Å². The predicted molar refractivity (Wildman–Crippen MR) is 90.3 cm³/mol. The van der Waals surface area contributed by atoms with Gasteiger partial charge in [-0.05, 0) is 50.6 Å². The molecule has 134 valence electrons. The highest BCUT2D eigenvalue weighted by Crippen LogP contribution is 2.21. The molecule has 1 saturated heterocycles. The summed E-state index contributed by atoms with van der Waals surface area (Å²) >= 11 is 0. The van der Waals surface area contributed by atoms with Gasteiger partial charge in [-0.1, -0.05) is 17.3 Å². The summed E-state index contributed by atoms with van der Waals surface area (Å²) in [6.07, 6.45) is 3.56. The average Bonchev–Trinajstić information content (AvgIpc) is 3.10. The minimum Gasteiger partial charge on any atom is -0.469 e. The lowest BCUT2D eigenvalue weighted by Crippen LogP contribution is -2.36. The Kier molecular flexibility index (Phi) is 5.43. The number of halogens is 1. The Hall–Kier alpha value is -2.28. The van der Waals surface area contributed by atoms with E-state index in [2.05, 4.69) is 15.2 Å². The van der Waals surface area contributed by atoms with Crippen LogP contribution in [0.4, 0.5) is 4.39 Å². The van der Waals surface area contributed by atoms with Gasteiger partial charge in [0.05, 0.1) is 31.0 Å². The number of rotatable bonds is 5. The van der Waals surface area contributed by atoms with Gasteiger partial charge in [0.2, 0.25) is 0 Å². The smallest absolute Gasteiger partial charge is 0.308 e. The molecule has 1 aromatic carbocycles. The molecule has 0 radical (unpaired) electrons. The van der Waals surface area contributed by atoms with E-state index in [0.717, 1.165) is 37.2 Å². The van der Waals surface area contributed by atoms with Gasteiger partial charge in [-0.15, -0.1) is 5.10 Å². The van der Waals surface area contributed by atoms with Crippen molar-refractivity contribution in [2.75, 3.05) is 20.2 Å². The molecule has 25 heavy (non-hydrogen) atoms. The molecular weight excluding hydrogens is 323 g/mol. The highest BCUT2D eigenvalue weighted by Gasteiger charge is 2.26. The quantitative estimate of drug-likeness (QED) is 0.778. The van der Waals surface area contributed by atoms with Crippen LogP contribution in [0.5, 0.6) is 0 Å². The van der Waals surface area contributed by atoms with E-state index in [-0.39, 0.29) is 23.7 Å². The number of hydrogen-bond donors (Lipinski definition) is 0. The third kappa shape index (κ3) is 4.22. The zero-order valence-corrected chi connectivity index (χ0v) is 14.6. The van der Waals surface area contributed by atoms with Gasteiger partial charge in [-0.25, -0.2) is 9.07 Å². The summed E-state index contributed by atoms with van der Waals surface area (Å²) in [5.41, 5.74) is 1.88. The number of carbonyl (C=O) groups is 1. The summed E-state index contributed by atoms with van der Waals surface area (Å²) in [5, 5.41) is 8.46. The second-order valence-corrected chi connectivity index (χ2v) is 6.49. The third-order valence-electron chi connectivity index (χ3n) is 4.81. The van der Waals surface area contributed by atoms with Gasteiger partial charge in [0.15, 0.2) is 0 Å². The largest absolute Gasteiger partial charge is 0.469 e. The van der Waals surface area contributed by atoms with Crippen LogP contribution < -0.4 is 0 Å². The highest BCUT2D eigenvalue weighted by atomic mass is 19.1. The van der Waals surface area contributed by atoms with Crippen LogP contribution >= 0.6 is 0 Å². The number of hydrogen-bond acceptors (Lipinski definition) is 5. The van der Waals surface area contributed by atoms with E-state index in [4.69, 9.17) is 4.74 Å². The van der Waals surface area contributed by atoms with E-state index in [1.165, 1.54) is 19.2 Å². The Morgan fingerprint density at radius 2 is 2.00 bits per heavy atom. The lowest BCUT2D eigenvalue weighted by atomic mass is 9.97. The number of benzene rings is 1. The molecule has 0 spiro atoms. The van der Waals surface area contributed by atoms with Gasteiger partial charge in [0.1, 0.15) is 5.82 Å². The molecule has 1 unspecified atom stereocenters. The van der Waals surface area contributed by atoms with E-state index in [1.54, 1.807) is 16.8 Å². The fourth-order valence-electron chi connectivity index (χ4n) is 3.19. The standard InChI is InChI=1S/C18H23FN4O2/c1-13(14-3-5-16(19)6-4-14)23-12-17(20-21-23)11-22-9-7-15(8-10-22)18(24)25-2/h3-6,12-13,15H,7-11H2,1-2H3. The number of methoxy groups -OCH3 is 1. The zero-order valence-electron chi connectivity index (χ0n) is 14.6. The Morgan fingerprint density at radius 1 is 1.32 bits per heavy atom. The van der Waals surface area contributed by atoms with E-state index >= 15 is 0 Å². The van der Waals surface area contributed by atoms with E-state index in [9.17, 15) is 9.18 Å². The van der Waals surface area contributed by atoms with Gasteiger partial charge < -0.3 is 4.74 Å². The van der Waals surface area contributed by atoms with Gasteiger partial charge in [-0.3, -0.25) is 9.69 Å². The van der Waals surface area contributed by atoms with Crippen molar-refractivity contribution in [2.24, 2.45) is 5.92 Å². The molecule has 1 fully saturated rings. The van der Waals surface area contributed by atoms with Crippen LogP contribution in [0.1, 0.15) is 37.1 Å². The lowest BCUT2D eigenvalue weighted by Gasteiger charge is -2.29. The van der Waals surface area contributed by atoms with Gasteiger partial charge >= 0.3 is 5.97 Å². The maximum absolute atomic E-state index is 13.0. The molecule has 0 N–H and O–H groups in total. The number of carbonyl (C=O) groups excluding carboxylic acids is 1. The number of ether oxygens (including phenoxy) is 1. The molecule has 0 amide bonds. The van der Waals surface area contributed by atoms with Gasteiger partial charge in [0.25, 0.3) is 0 Å². The second kappa shape index (κ2) is 7.74. The second-order valence-electron chi connectivity index (χ2n) is 6.49. The van der Waals surface area contributed by atoms with Crippen LogP contribution in [0.25, 0.3) is 0 Å². The van der Waals surface area contributed by atoms with Crippen molar-refractivity contribution in [2.45, 2.75) is 32.4 Å². The van der Waals surface area contributed by atoms with Crippen LogP contribution in [0.15, 0.2) is 30.5 Å². The van der Waals surface area contributed by atoms with Crippen molar-refractivity contribution in [3.63, 3.8) is 0 Å². The van der Waals surface area contributed by atoms with Crippen molar-refractivity contribution in [3.05, 3.63) is 47.5 Å². The minimum atomic E-state index is -0.245. The summed E-state index contributed by atoms with van der Waals surface area (Å²) in [7, 11) is 1.44. The van der Waals surface area contributed by atoms with Crippen molar-refractivity contribution in [1.29, 1.82) is 0 Å². The van der Waals surface area contributed by atoms with Crippen LogP contribution in [-0.2, 0) is 16.1 Å². The molecule has 1 atom stereocenters. The van der Waals surface area contributed by atoms with E-state index in [1.807, 2.05) is 13.1 Å². The summed E-state index contributed by atoms with van der Waals surface area (Å²) in [5.74, 6) is -0.347. The average molecular weight is 346 g/mol. The molecule has 1 aliphatic heterocycles. The normalized spacial score (nSPS) is 17.4. The number of likely N-dealkylation sites (tertiary alicyclic amines) is 1. The Balaban J connectivity index is 1.57. The zero-order chi connectivity index (χ0) is 17.8. The molecule has 0 bridgehead atoms. The molecule has 2 aromatic rings. The molecular formula is C18H23FN4O2. The Morgan fingerprint density at radius 3 is 2.64 bits per heavy atom. The van der Waals surface area contributed by atoms with Gasteiger partial charge in [-0.2, -0.15) is 0 Å². The molecule has 7 heteroatoms. The fourth-order valence-corrected chi connectivity index (χ4v) is 3.19. The van der Waals surface area contributed by atoms with E-state index in [0.29, 0.717) is 6.54 Å². The molecule has 1 aliphatic rings. The SMILES string of the molecule is COC(=O)C1CCN(Cc2cn(C(C)c3ccc(F)cc3)nn2)CC1. The first-order valence-corrected chi connectivity index (χ1v) is 8.53. The minimum absolute atomic E-state index is 0.00749. The number of piperidine rings is 1. The first kappa shape index (κ1) is 17.5. The summed E-state index contributed by atoms with van der Waals surface area (Å²) < 4.78 is 19.7. The van der Waals surface area contributed by atoms with Crippen molar-refractivity contribution < 1.29 is 13.9 Å². The maximum Gasteiger partial charge on any atom is 0.308 e. The van der Waals surface area contributed by atoms with Crippen LogP contribution in [-0.4, -0.2) is 46.1 Å². The fraction of sp³-hybridized carbons (Fsp3) is 0.500. The number of aromatic nitrogens is 3. The summed E-state index contributed by atoms with van der Waals surface area (Å²) in [4.78, 5) is 13.9. The van der Waals surface area contributed by atoms with Crippen LogP contribution in [0.2, 0.25) is 0 Å². The van der Waals surface area contributed by atoms with Crippen molar-refractivity contribution >= 4 is 5.97 Å². The lowest BCUT2D eigenvalue weighted by molar-refractivity contribution is -0.147. The summed E-state index contributed by atoms with van der Waals surface area (Å²) in [6.45, 7) is 4.41. The first-order valence-electron chi connectivity index (χ1n) is 8.53. The number of nitrogens with zero attached hydrogens (tertiary/aromatic N) is 4. The molecule has 0 saturated carbocycles. The number of esters is 1. The van der Waals surface area contributed by atoms with Crippen molar-refractivity contribution in [1.82, 2.24) is 19.9 Å². The predicted octanol–water partition coefficient (Wildman–Crippen LogP) is 2.41. The topological polar surface area (TPSA) is 60.2 Å². The molecule has 6 nitrogen and oxygen atoms in total. The van der Waals surface area contributed by atoms with Crippen molar-refractivity contribution in [3.8, 4) is 0 Å². The van der Waals surface area contributed by atoms with E-state index < -0.39 is 0 Å². The highest BCUT2D eigenvalue weighted by molar-refractivity contribution is 5.72. The Bertz CT molecular complexity index is 708. The summed E-state index contributed by atoms with van der Waals surface area (Å²) in [6, 6.07) is 6.43.